The Bertz CT molecular complexity index is 379. The predicted octanol–water partition coefficient (Wildman–Crippen LogP) is 6.23. The van der Waals surface area contributed by atoms with Crippen LogP contribution in [-0.4, -0.2) is 8.07 Å². The first-order valence-corrected chi connectivity index (χ1v) is 10.8. The molecule has 0 N–H and O–H groups in total. The van der Waals surface area contributed by atoms with Crippen LogP contribution < -0.4 is 0 Å². The molecule has 0 unspecified atom stereocenters. The van der Waals surface area contributed by atoms with Crippen LogP contribution in [0.25, 0.3) is 0 Å². The van der Waals surface area contributed by atoms with E-state index in [4.69, 9.17) is 0 Å². The molecule has 114 valence electrons. The zero-order valence-corrected chi connectivity index (χ0v) is 17.1. The smallest absolute Gasteiger partial charge is 0.130 e. The summed E-state index contributed by atoms with van der Waals surface area (Å²) in [4.78, 5) is 2.82. The maximum absolute atomic E-state index is 3.81. The monoisotopic (exact) mass is 354 g/mol. The van der Waals surface area contributed by atoms with Crippen LogP contribution in [0, 0.1) is 34.1 Å². The Labute approximate surface area is 136 Å². The summed E-state index contributed by atoms with van der Waals surface area (Å²) in [5.41, 5.74) is 5.94. The molecule has 0 aliphatic heterocycles. The van der Waals surface area contributed by atoms with Crippen LogP contribution in [0.4, 0.5) is 0 Å². The van der Waals surface area contributed by atoms with Crippen molar-refractivity contribution in [2.45, 2.75) is 78.4 Å². The summed E-state index contributed by atoms with van der Waals surface area (Å²) in [7, 11) is -1.57. The minimum Gasteiger partial charge on any atom is -0.130 e. The Morgan fingerprint density at radius 2 is 1.15 bits per heavy atom. The number of hydrogen-bond acceptors (Lipinski definition) is 0. The number of halogens is 1. The summed E-state index contributed by atoms with van der Waals surface area (Å²) in [6.45, 7) is 18.6. The third kappa shape index (κ3) is 5.31. The van der Waals surface area contributed by atoms with Crippen molar-refractivity contribution in [1.29, 1.82) is 0 Å². The molecule has 0 amide bonds. The molecule has 0 aliphatic rings. The molecule has 20 heavy (non-hydrogen) atoms. The maximum atomic E-state index is 3.81. The van der Waals surface area contributed by atoms with Gasteiger partial charge in [0.05, 0.1) is 0 Å². The topological polar surface area (TPSA) is 0 Å². The molecule has 0 rings (SSSR count). The highest BCUT2D eigenvalue weighted by Crippen LogP contribution is 2.40. The molecule has 2 atom stereocenters. The largest absolute Gasteiger partial charge is 0.145 e. The fourth-order valence-electron chi connectivity index (χ4n) is 3.42. The van der Waals surface area contributed by atoms with Crippen molar-refractivity contribution >= 4 is 24.0 Å². The summed E-state index contributed by atoms with van der Waals surface area (Å²) in [6, 6.07) is 0. The first-order valence-electron chi connectivity index (χ1n) is 7.82. The zero-order valence-electron chi connectivity index (χ0n) is 14.5. The van der Waals surface area contributed by atoms with Gasteiger partial charge in [-0.15, -0.1) is 11.5 Å². The van der Waals surface area contributed by atoms with Crippen LogP contribution in [0.15, 0.2) is 0 Å². The lowest BCUT2D eigenvalue weighted by atomic mass is 9.99. The Morgan fingerprint density at radius 1 is 0.750 bits per heavy atom. The van der Waals surface area contributed by atoms with E-state index < -0.39 is 8.07 Å². The Kier molecular flexibility index (Phi) is 8.88. The van der Waals surface area contributed by atoms with Gasteiger partial charge in [0.25, 0.3) is 0 Å². The van der Waals surface area contributed by atoms with E-state index in [0.717, 1.165) is 6.42 Å². The molecule has 0 aliphatic carbocycles. The SMILES string of the molecule is CC(C)[Si](C#C[C@@H](C)C[C@@H](C)C#CBr)(C(C)C)C(C)C. The van der Waals surface area contributed by atoms with Crippen LogP contribution in [-0.2, 0) is 0 Å². The lowest BCUT2D eigenvalue weighted by Crippen LogP contribution is -2.43. The van der Waals surface area contributed by atoms with E-state index >= 15 is 0 Å². The van der Waals surface area contributed by atoms with Crippen LogP contribution in [0.1, 0.15) is 61.8 Å². The molecule has 0 bridgehead atoms. The molecule has 0 nitrogen and oxygen atoms in total. The molecule has 2 heteroatoms. The van der Waals surface area contributed by atoms with Crippen LogP contribution in [0.2, 0.25) is 16.6 Å². The second-order valence-corrected chi connectivity index (χ2v) is 12.9. The molecule has 0 saturated heterocycles. The van der Waals surface area contributed by atoms with Crippen LogP contribution >= 0.6 is 15.9 Å². The lowest BCUT2D eigenvalue weighted by molar-refractivity contribution is 0.571. The lowest BCUT2D eigenvalue weighted by Gasteiger charge is -2.38. The first kappa shape index (κ1) is 19.8. The summed E-state index contributed by atoms with van der Waals surface area (Å²) < 4.78 is 0. The van der Waals surface area contributed by atoms with Gasteiger partial charge >= 0.3 is 0 Å². The van der Waals surface area contributed by atoms with E-state index in [9.17, 15) is 0 Å². The molecule has 0 aromatic heterocycles. The second kappa shape index (κ2) is 8.96. The number of hydrogen-bond donors (Lipinski definition) is 0. The van der Waals surface area contributed by atoms with Gasteiger partial charge in [-0.1, -0.05) is 61.3 Å². The Morgan fingerprint density at radius 3 is 1.50 bits per heavy atom. The Balaban J connectivity index is 5.18. The van der Waals surface area contributed by atoms with Gasteiger partial charge in [0.2, 0.25) is 0 Å². The number of rotatable bonds is 5. The van der Waals surface area contributed by atoms with Crippen molar-refractivity contribution in [1.82, 2.24) is 0 Å². The van der Waals surface area contributed by atoms with Gasteiger partial charge in [-0.25, -0.2) is 0 Å². The van der Waals surface area contributed by atoms with Gasteiger partial charge in [0.1, 0.15) is 8.07 Å². The third-order valence-corrected chi connectivity index (χ3v) is 10.9. The maximum Gasteiger partial charge on any atom is 0.145 e. The van der Waals surface area contributed by atoms with Crippen molar-refractivity contribution in [3.05, 3.63) is 0 Å². The molecule has 0 spiro atoms. The van der Waals surface area contributed by atoms with Gasteiger partial charge in [-0.3, -0.25) is 0 Å². The average molecular weight is 355 g/mol. The summed E-state index contributed by atoms with van der Waals surface area (Å²) in [6.07, 6.45) is 1.06. The van der Waals surface area contributed by atoms with Gasteiger partial charge < -0.3 is 0 Å². The quantitative estimate of drug-likeness (QED) is 0.405. The fourth-order valence-corrected chi connectivity index (χ4v) is 9.18. The van der Waals surface area contributed by atoms with E-state index in [1.54, 1.807) is 0 Å². The summed E-state index contributed by atoms with van der Waals surface area (Å²) >= 11 is 3.18. The van der Waals surface area contributed by atoms with Gasteiger partial charge in [-0.2, -0.15) is 0 Å². The molecule has 0 heterocycles. The van der Waals surface area contributed by atoms with Crippen molar-refractivity contribution in [3.8, 4) is 22.2 Å². The normalized spacial score (nSPS) is 14.6. The van der Waals surface area contributed by atoms with E-state index in [-0.39, 0.29) is 0 Å². The Hall–Kier alpha value is -0.183. The van der Waals surface area contributed by atoms with E-state index in [0.29, 0.717) is 28.5 Å². The van der Waals surface area contributed by atoms with Crippen molar-refractivity contribution in [3.63, 3.8) is 0 Å². The highest BCUT2D eigenvalue weighted by molar-refractivity contribution is 9.12. The van der Waals surface area contributed by atoms with Crippen molar-refractivity contribution in [2.75, 3.05) is 0 Å². The van der Waals surface area contributed by atoms with Crippen molar-refractivity contribution in [2.24, 2.45) is 11.8 Å². The van der Waals surface area contributed by atoms with E-state index in [1.807, 2.05) is 0 Å². The van der Waals surface area contributed by atoms with E-state index in [1.165, 1.54) is 0 Å². The molecule has 0 fully saturated rings. The van der Waals surface area contributed by atoms with Gasteiger partial charge in [0.15, 0.2) is 0 Å². The molecular formula is C18H31BrSi. The third-order valence-electron chi connectivity index (χ3n) is 4.41. The van der Waals surface area contributed by atoms with Crippen LogP contribution in [0.3, 0.4) is 0 Å². The molecule has 0 saturated carbocycles. The summed E-state index contributed by atoms with van der Waals surface area (Å²) in [5, 5.41) is 0. The van der Waals surface area contributed by atoms with Crippen molar-refractivity contribution < 1.29 is 0 Å². The summed E-state index contributed by atoms with van der Waals surface area (Å²) in [5.74, 6) is 7.58. The average Bonchev–Trinajstić information content (AvgIpc) is 2.28. The highest BCUT2D eigenvalue weighted by Gasteiger charge is 2.41. The first-order chi connectivity index (χ1) is 9.18. The zero-order chi connectivity index (χ0) is 15.9. The predicted molar refractivity (Wildman–Crippen MR) is 98.5 cm³/mol. The van der Waals surface area contributed by atoms with E-state index in [2.05, 4.69) is 93.5 Å². The highest BCUT2D eigenvalue weighted by atomic mass is 79.9. The molecule has 0 aromatic carbocycles. The fraction of sp³-hybridized carbons (Fsp3) is 0.778. The molecule has 0 aromatic rings. The van der Waals surface area contributed by atoms with Gasteiger partial charge in [0, 0.05) is 27.8 Å². The minimum atomic E-state index is -1.57. The molecular weight excluding hydrogens is 324 g/mol. The van der Waals surface area contributed by atoms with Gasteiger partial charge in [-0.05, 0) is 27.9 Å². The molecule has 0 radical (unpaired) electrons. The minimum absolute atomic E-state index is 0.409. The standard InChI is InChI=1S/C18H31BrSi/c1-14(2)20(15(3)4,16(5)6)12-10-18(8)13-17(7)9-11-19/h14-18H,13H2,1-8H3/t17-,18+/m0/s1. The van der Waals surface area contributed by atoms with Crippen LogP contribution in [0.5, 0.6) is 0 Å². The second-order valence-electron chi connectivity index (χ2n) is 6.94.